The summed E-state index contributed by atoms with van der Waals surface area (Å²) in [6.07, 6.45) is 11.4. The number of nitrogens with zero attached hydrogens (tertiary/aromatic N) is 2. The van der Waals surface area contributed by atoms with E-state index in [1.54, 1.807) is 11.3 Å². The zero-order valence-electron chi connectivity index (χ0n) is 18.1. The fraction of sp³-hybridized carbons (Fsp3) is 0.696. The van der Waals surface area contributed by atoms with Crippen molar-refractivity contribution < 1.29 is 4.79 Å². The first kappa shape index (κ1) is 20.0. The minimum absolute atomic E-state index is 0.0547. The second-order valence-corrected chi connectivity index (χ2v) is 11.3. The summed E-state index contributed by atoms with van der Waals surface area (Å²) in [5.41, 5.74) is 7.05. The Morgan fingerprint density at radius 3 is 2.83 bits per heavy atom. The smallest absolute Gasteiger partial charge is 0.246 e. The van der Waals surface area contributed by atoms with E-state index in [4.69, 9.17) is 16.1 Å². The van der Waals surface area contributed by atoms with Crippen molar-refractivity contribution in [2.75, 3.05) is 12.4 Å². The Morgan fingerprint density at radius 1 is 1.27 bits per heavy atom. The fourth-order valence-corrected chi connectivity index (χ4v) is 8.62. The summed E-state index contributed by atoms with van der Waals surface area (Å²) in [7, 11) is 1.99. The number of anilines is 1. The van der Waals surface area contributed by atoms with Gasteiger partial charge < -0.3 is 16.0 Å². The normalized spacial score (nSPS) is 42.4. The van der Waals surface area contributed by atoms with Crippen LogP contribution in [0.15, 0.2) is 17.5 Å². The van der Waals surface area contributed by atoms with Crippen molar-refractivity contribution >= 4 is 28.3 Å². The molecule has 4 aliphatic rings. The van der Waals surface area contributed by atoms with Gasteiger partial charge in [0.15, 0.2) is 11.1 Å². The molecule has 7 heteroatoms. The van der Waals surface area contributed by atoms with Crippen molar-refractivity contribution in [3.63, 3.8) is 0 Å². The van der Waals surface area contributed by atoms with Gasteiger partial charge in [0, 0.05) is 29.8 Å². The van der Waals surface area contributed by atoms with E-state index in [0.29, 0.717) is 17.9 Å². The summed E-state index contributed by atoms with van der Waals surface area (Å²) in [5, 5.41) is 13.2. The molecular weight excluding hydrogens is 394 g/mol. The quantitative estimate of drug-likeness (QED) is 0.488. The first-order chi connectivity index (χ1) is 14.2. The minimum atomic E-state index is -0.0547. The van der Waals surface area contributed by atoms with E-state index in [1.165, 1.54) is 37.8 Å². The molecule has 3 aliphatic carbocycles. The number of carbonyl (C=O) groups is 1. The summed E-state index contributed by atoms with van der Waals surface area (Å²) in [6, 6.07) is 0.344. The highest BCUT2D eigenvalue weighted by Crippen LogP contribution is 2.67. The van der Waals surface area contributed by atoms with E-state index in [0.717, 1.165) is 23.4 Å². The molecule has 0 bridgehead atoms. The number of fused-ring (bicyclic) bond motifs is 5. The van der Waals surface area contributed by atoms with E-state index < -0.39 is 0 Å². The molecular formula is C23H33N5OS. The van der Waals surface area contributed by atoms with Crippen LogP contribution in [0.1, 0.15) is 64.0 Å². The maximum atomic E-state index is 12.3. The second-order valence-electron chi connectivity index (χ2n) is 10.4. The zero-order valence-corrected chi connectivity index (χ0v) is 19.0. The predicted molar refractivity (Wildman–Crippen MR) is 120 cm³/mol. The molecule has 4 N–H and O–H groups in total. The van der Waals surface area contributed by atoms with E-state index in [9.17, 15) is 4.79 Å². The molecule has 6 nitrogen and oxygen atoms in total. The monoisotopic (exact) mass is 427 g/mol. The number of aromatic nitrogens is 1. The van der Waals surface area contributed by atoms with Gasteiger partial charge in [0.05, 0.1) is 5.69 Å². The molecule has 3 saturated carbocycles. The number of amides is 1. The van der Waals surface area contributed by atoms with Gasteiger partial charge in [-0.1, -0.05) is 19.9 Å². The molecule has 1 aromatic heterocycles. The summed E-state index contributed by atoms with van der Waals surface area (Å²) >= 11 is 1.55. The van der Waals surface area contributed by atoms with Crippen molar-refractivity contribution in [1.29, 1.82) is 5.41 Å². The molecule has 3 fully saturated rings. The summed E-state index contributed by atoms with van der Waals surface area (Å²) in [4.78, 5) is 19.1. The molecule has 1 amide bonds. The first-order valence-electron chi connectivity index (χ1n) is 11.3. The lowest BCUT2D eigenvalue weighted by atomic mass is 9.47. The number of thiazole rings is 1. The summed E-state index contributed by atoms with van der Waals surface area (Å²) < 4.78 is 0. The molecule has 1 aliphatic heterocycles. The van der Waals surface area contributed by atoms with Gasteiger partial charge in [-0.2, -0.15) is 0 Å². The number of hydrogen-bond acceptors (Lipinski definition) is 4. The molecule has 0 radical (unpaired) electrons. The molecule has 2 heterocycles. The predicted octanol–water partition coefficient (Wildman–Crippen LogP) is 4.17. The molecule has 0 spiro atoms. The Labute approximate surface area is 182 Å². The third-order valence-electron chi connectivity index (χ3n) is 9.25. The van der Waals surface area contributed by atoms with Crippen LogP contribution in [0.2, 0.25) is 0 Å². The van der Waals surface area contributed by atoms with Crippen LogP contribution in [0.5, 0.6) is 0 Å². The molecule has 162 valence electrons. The number of nitrogens with one attached hydrogen (secondary N) is 2. The van der Waals surface area contributed by atoms with Gasteiger partial charge in [-0.3, -0.25) is 10.2 Å². The number of rotatable bonds is 2. The van der Waals surface area contributed by atoms with Crippen LogP contribution >= 0.6 is 11.3 Å². The van der Waals surface area contributed by atoms with Gasteiger partial charge in [-0.15, -0.1) is 11.3 Å². The second kappa shape index (κ2) is 6.81. The van der Waals surface area contributed by atoms with Crippen LogP contribution in [-0.4, -0.2) is 34.8 Å². The van der Waals surface area contributed by atoms with Crippen molar-refractivity contribution in [3.8, 4) is 0 Å². The Morgan fingerprint density at radius 2 is 2.07 bits per heavy atom. The maximum absolute atomic E-state index is 12.3. The molecule has 30 heavy (non-hydrogen) atoms. The highest BCUT2D eigenvalue weighted by atomic mass is 32.1. The molecule has 1 aromatic rings. The van der Waals surface area contributed by atoms with Gasteiger partial charge in [0.1, 0.15) is 0 Å². The summed E-state index contributed by atoms with van der Waals surface area (Å²) in [5.74, 6) is 2.71. The molecule has 7 atom stereocenters. The number of likely N-dealkylation sites (N-methyl/N-ethyl adjacent to an activating group) is 1. The Kier molecular flexibility index (Phi) is 4.55. The highest BCUT2D eigenvalue weighted by Gasteiger charge is 2.60. The van der Waals surface area contributed by atoms with Crippen LogP contribution < -0.4 is 11.1 Å². The number of guanidine groups is 1. The molecule has 0 saturated heterocycles. The SMILES string of the molecule is CN1C(=O)C=C[C@]2(C)[C@H]3CC[C@]4(C)[C@@H](c5csc(NC(=N)N)n5)CC[C@H]4[C@@H]3CC[C@@H]12. The average molecular weight is 428 g/mol. The van der Waals surface area contributed by atoms with Gasteiger partial charge in [-0.05, 0) is 67.8 Å². The molecule has 0 unspecified atom stereocenters. The lowest BCUT2D eigenvalue weighted by molar-refractivity contribution is -0.138. The van der Waals surface area contributed by atoms with Crippen molar-refractivity contribution in [3.05, 3.63) is 23.2 Å². The van der Waals surface area contributed by atoms with Crippen LogP contribution in [0.25, 0.3) is 0 Å². The molecule has 0 aromatic carbocycles. The maximum Gasteiger partial charge on any atom is 0.246 e. The third kappa shape index (κ3) is 2.77. The van der Waals surface area contributed by atoms with Crippen molar-refractivity contribution in [2.24, 2.45) is 34.3 Å². The van der Waals surface area contributed by atoms with Gasteiger partial charge in [0.25, 0.3) is 0 Å². The fourth-order valence-electron chi connectivity index (χ4n) is 7.84. The average Bonchev–Trinajstić information content (AvgIpc) is 3.28. The summed E-state index contributed by atoms with van der Waals surface area (Å²) in [6.45, 7) is 4.91. The topological polar surface area (TPSA) is 95.1 Å². The van der Waals surface area contributed by atoms with Crippen LogP contribution in [0, 0.1) is 34.0 Å². The number of hydrogen-bond donors (Lipinski definition) is 3. The van der Waals surface area contributed by atoms with E-state index in [2.05, 4.69) is 30.6 Å². The number of nitrogens with two attached hydrogens (primary N) is 1. The Hall–Kier alpha value is -1.89. The largest absolute Gasteiger partial charge is 0.370 e. The van der Waals surface area contributed by atoms with E-state index in [-0.39, 0.29) is 22.7 Å². The van der Waals surface area contributed by atoms with Crippen molar-refractivity contribution in [2.45, 2.75) is 64.3 Å². The zero-order chi connectivity index (χ0) is 21.3. The van der Waals surface area contributed by atoms with Crippen LogP contribution in [-0.2, 0) is 4.79 Å². The van der Waals surface area contributed by atoms with Gasteiger partial charge in [0.2, 0.25) is 5.91 Å². The van der Waals surface area contributed by atoms with Gasteiger partial charge >= 0.3 is 0 Å². The van der Waals surface area contributed by atoms with Crippen LogP contribution in [0.4, 0.5) is 5.13 Å². The lowest BCUT2D eigenvalue weighted by Gasteiger charge is -2.60. The van der Waals surface area contributed by atoms with Gasteiger partial charge in [-0.25, -0.2) is 4.98 Å². The third-order valence-corrected chi connectivity index (χ3v) is 10.0. The Balaban J connectivity index is 1.42. The first-order valence-corrected chi connectivity index (χ1v) is 12.1. The molecule has 5 rings (SSSR count). The minimum Gasteiger partial charge on any atom is -0.370 e. The number of carbonyl (C=O) groups excluding carboxylic acids is 1. The van der Waals surface area contributed by atoms with E-state index >= 15 is 0 Å². The van der Waals surface area contributed by atoms with Crippen molar-refractivity contribution in [1.82, 2.24) is 9.88 Å². The van der Waals surface area contributed by atoms with E-state index in [1.807, 2.05) is 18.0 Å². The standard InChI is InChI=1S/C23H33N5OS/c1-22-10-8-15-13(4-7-18-23(15,2)11-9-19(29)28(18)3)14(22)5-6-16(22)17-12-30-21(26-17)27-20(24)25/h9,11-16,18H,4-8,10H2,1-3H3,(H4,24,25,26,27)/t13-,14-,15-,16+,18+,22-,23+/m0/s1. The Bertz CT molecular complexity index is 911. The lowest BCUT2D eigenvalue weighted by Crippen LogP contribution is -2.59. The van der Waals surface area contributed by atoms with Crippen LogP contribution in [0.3, 0.4) is 0 Å². The highest BCUT2D eigenvalue weighted by molar-refractivity contribution is 7.13.